The van der Waals surface area contributed by atoms with Gasteiger partial charge in [0.05, 0.1) is 21.4 Å². The summed E-state index contributed by atoms with van der Waals surface area (Å²) in [4.78, 5) is 13.4. The zero-order valence-corrected chi connectivity index (χ0v) is 10.9. The Morgan fingerprint density at radius 2 is 2.27 bits per heavy atom. The number of thiophene rings is 1. The van der Waals surface area contributed by atoms with E-state index in [1.165, 1.54) is 11.0 Å². The van der Waals surface area contributed by atoms with E-state index >= 15 is 0 Å². The molecule has 82 valence electrons. The highest BCUT2D eigenvalue weighted by Gasteiger charge is 2.18. The largest absolute Gasteiger partial charge is 0.392 e. The molecule has 0 aliphatic rings. The number of hydrogen-bond donors (Lipinski definition) is 1. The van der Waals surface area contributed by atoms with Crippen molar-refractivity contribution in [3.05, 3.63) is 20.3 Å². The van der Waals surface area contributed by atoms with Crippen LogP contribution < -0.4 is 5.73 Å². The van der Waals surface area contributed by atoms with Gasteiger partial charge in [-0.1, -0.05) is 35.4 Å². The lowest BCUT2D eigenvalue weighted by atomic mass is 10.3. The van der Waals surface area contributed by atoms with Crippen LogP contribution >= 0.6 is 46.8 Å². The number of halogens is 2. The van der Waals surface area contributed by atoms with Gasteiger partial charge < -0.3 is 10.6 Å². The lowest BCUT2D eigenvalue weighted by molar-refractivity contribution is 0.0816. The Hall–Kier alpha value is -0.360. The van der Waals surface area contributed by atoms with Gasteiger partial charge in [-0.25, -0.2) is 0 Å². The summed E-state index contributed by atoms with van der Waals surface area (Å²) in [6.07, 6.45) is 0. The minimum absolute atomic E-state index is 0.220. The number of rotatable bonds is 3. The van der Waals surface area contributed by atoms with E-state index in [2.05, 4.69) is 0 Å². The van der Waals surface area contributed by atoms with E-state index < -0.39 is 0 Å². The zero-order valence-electron chi connectivity index (χ0n) is 7.79. The first-order valence-electron chi connectivity index (χ1n) is 3.90. The highest BCUT2D eigenvalue weighted by atomic mass is 35.5. The van der Waals surface area contributed by atoms with Crippen molar-refractivity contribution in [1.82, 2.24) is 4.90 Å². The molecule has 1 aromatic rings. The number of carbonyl (C=O) groups excluding carboxylic acids is 1. The van der Waals surface area contributed by atoms with Crippen molar-refractivity contribution in [1.29, 1.82) is 0 Å². The average Bonchev–Trinajstić information content (AvgIpc) is 2.42. The summed E-state index contributed by atoms with van der Waals surface area (Å²) in [6.45, 7) is 0.220. The summed E-state index contributed by atoms with van der Waals surface area (Å²) >= 11 is 17.4. The number of thiocarbonyl (C=S) groups is 1. The third-order valence-electron chi connectivity index (χ3n) is 1.63. The average molecular weight is 283 g/mol. The number of hydrogen-bond acceptors (Lipinski definition) is 3. The summed E-state index contributed by atoms with van der Waals surface area (Å²) in [5.41, 5.74) is 5.71. The second-order valence-electron chi connectivity index (χ2n) is 2.87. The van der Waals surface area contributed by atoms with Crippen molar-refractivity contribution in [2.24, 2.45) is 5.73 Å². The van der Waals surface area contributed by atoms with Crippen molar-refractivity contribution in [3.8, 4) is 0 Å². The molecule has 0 saturated heterocycles. The van der Waals surface area contributed by atoms with Crippen molar-refractivity contribution in [2.75, 3.05) is 13.6 Å². The third-order valence-corrected chi connectivity index (χ3v) is 3.24. The molecule has 0 aromatic carbocycles. The molecule has 0 unspecified atom stereocenters. The molecule has 0 fully saturated rings. The summed E-state index contributed by atoms with van der Waals surface area (Å²) < 4.78 is 0.854. The quantitative estimate of drug-likeness (QED) is 0.866. The Labute approximate surface area is 107 Å². The summed E-state index contributed by atoms with van der Waals surface area (Å²) in [6, 6.07) is 1.53. The summed E-state index contributed by atoms with van der Waals surface area (Å²) in [7, 11) is 1.60. The van der Waals surface area contributed by atoms with Crippen LogP contribution in [0, 0.1) is 0 Å². The van der Waals surface area contributed by atoms with E-state index in [1.54, 1.807) is 7.05 Å². The van der Waals surface area contributed by atoms with Crippen molar-refractivity contribution < 1.29 is 4.79 Å². The Morgan fingerprint density at radius 3 is 2.67 bits per heavy atom. The molecule has 0 saturated carbocycles. The molecular formula is C8H8Cl2N2OS2. The monoisotopic (exact) mass is 282 g/mol. The summed E-state index contributed by atoms with van der Waals surface area (Å²) in [5.74, 6) is -0.240. The molecular weight excluding hydrogens is 275 g/mol. The Balaban J connectivity index is 2.84. The predicted molar refractivity (Wildman–Crippen MR) is 68.1 cm³/mol. The molecule has 1 rings (SSSR count). The van der Waals surface area contributed by atoms with Gasteiger partial charge in [0.25, 0.3) is 5.91 Å². The number of nitrogens with zero attached hydrogens (tertiary/aromatic N) is 1. The Kier molecular flexibility index (Phi) is 4.33. The van der Waals surface area contributed by atoms with Gasteiger partial charge in [-0.05, 0) is 6.07 Å². The molecule has 7 heteroatoms. The van der Waals surface area contributed by atoms with Crippen LogP contribution in [0.25, 0.3) is 0 Å². The highest BCUT2D eigenvalue weighted by Crippen LogP contribution is 2.31. The van der Waals surface area contributed by atoms with Gasteiger partial charge >= 0.3 is 0 Å². The molecule has 2 N–H and O–H groups in total. The predicted octanol–water partition coefficient (Wildman–Crippen LogP) is 2.41. The second kappa shape index (κ2) is 5.12. The first kappa shape index (κ1) is 12.7. The zero-order chi connectivity index (χ0) is 11.6. The topological polar surface area (TPSA) is 46.3 Å². The van der Waals surface area contributed by atoms with E-state index in [9.17, 15) is 4.79 Å². The highest BCUT2D eigenvalue weighted by molar-refractivity contribution is 7.80. The number of amides is 1. The van der Waals surface area contributed by atoms with E-state index in [0.29, 0.717) is 14.2 Å². The lowest BCUT2D eigenvalue weighted by Crippen LogP contribution is -2.34. The van der Waals surface area contributed by atoms with E-state index in [4.69, 9.17) is 41.2 Å². The van der Waals surface area contributed by atoms with Crippen LogP contribution in [0.15, 0.2) is 6.07 Å². The van der Waals surface area contributed by atoms with Gasteiger partial charge in [-0.15, -0.1) is 11.3 Å². The fraction of sp³-hybridized carbons (Fsp3) is 0.250. The van der Waals surface area contributed by atoms with Crippen molar-refractivity contribution in [2.45, 2.75) is 0 Å². The van der Waals surface area contributed by atoms with Crippen LogP contribution in [0.1, 0.15) is 10.4 Å². The molecule has 3 nitrogen and oxygen atoms in total. The molecule has 0 spiro atoms. The maximum Gasteiger partial charge on any atom is 0.256 e. The lowest BCUT2D eigenvalue weighted by Gasteiger charge is -2.15. The SMILES string of the molecule is CN(CC(N)=S)C(=O)c1cc(Cl)sc1Cl. The van der Waals surface area contributed by atoms with Crippen LogP contribution in [0.2, 0.25) is 8.67 Å². The molecule has 1 amide bonds. The van der Waals surface area contributed by atoms with Crippen LogP contribution in [0.3, 0.4) is 0 Å². The standard InChI is InChI=1S/C8H8Cl2N2OS2/c1-12(3-6(11)14)8(13)4-2-5(9)15-7(4)10/h2H,3H2,1H3,(H2,11,14). The van der Waals surface area contributed by atoms with Crippen molar-refractivity contribution >= 4 is 57.7 Å². The summed E-state index contributed by atoms with van der Waals surface area (Å²) in [5, 5.41) is 0. The van der Waals surface area contributed by atoms with Gasteiger partial charge in [0, 0.05) is 7.05 Å². The van der Waals surface area contributed by atoms with E-state index in [-0.39, 0.29) is 17.4 Å². The Bertz CT molecular complexity index is 405. The van der Waals surface area contributed by atoms with E-state index in [1.807, 2.05) is 0 Å². The van der Waals surface area contributed by atoms with Crippen LogP contribution in [0.5, 0.6) is 0 Å². The van der Waals surface area contributed by atoms with Gasteiger partial charge in [0.15, 0.2) is 0 Å². The molecule has 0 bridgehead atoms. The van der Waals surface area contributed by atoms with Crippen LogP contribution in [0.4, 0.5) is 0 Å². The Morgan fingerprint density at radius 1 is 1.67 bits per heavy atom. The molecule has 0 radical (unpaired) electrons. The molecule has 0 aliphatic heterocycles. The maximum atomic E-state index is 11.8. The second-order valence-corrected chi connectivity index (χ2v) is 5.68. The molecule has 1 aromatic heterocycles. The number of likely N-dealkylation sites (N-methyl/N-ethyl adjacent to an activating group) is 1. The minimum atomic E-state index is -0.240. The minimum Gasteiger partial charge on any atom is -0.392 e. The molecule has 15 heavy (non-hydrogen) atoms. The third kappa shape index (κ3) is 3.31. The van der Waals surface area contributed by atoms with Gasteiger partial charge in [0.2, 0.25) is 0 Å². The number of carbonyl (C=O) groups is 1. The smallest absolute Gasteiger partial charge is 0.256 e. The van der Waals surface area contributed by atoms with Crippen LogP contribution in [-0.2, 0) is 0 Å². The number of nitrogens with two attached hydrogens (primary N) is 1. The first-order valence-corrected chi connectivity index (χ1v) is 5.88. The van der Waals surface area contributed by atoms with Gasteiger partial charge in [0.1, 0.15) is 4.34 Å². The van der Waals surface area contributed by atoms with Crippen molar-refractivity contribution in [3.63, 3.8) is 0 Å². The normalized spacial score (nSPS) is 10.1. The molecule has 0 atom stereocenters. The first-order chi connectivity index (χ1) is 6.91. The molecule has 0 aliphatic carbocycles. The molecule has 1 heterocycles. The maximum absolute atomic E-state index is 11.8. The van der Waals surface area contributed by atoms with Gasteiger partial charge in [-0.2, -0.15) is 0 Å². The fourth-order valence-corrected chi connectivity index (χ4v) is 2.64. The van der Waals surface area contributed by atoms with Gasteiger partial charge in [-0.3, -0.25) is 4.79 Å². The van der Waals surface area contributed by atoms with E-state index in [0.717, 1.165) is 11.3 Å². The van der Waals surface area contributed by atoms with Crippen LogP contribution in [-0.4, -0.2) is 29.4 Å². The fourth-order valence-electron chi connectivity index (χ4n) is 0.997.